The molecule has 0 amide bonds. The highest BCUT2D eigenvalue weighted by molar-refractivity contribution is 5.61. The van der Waals surface area contributed by atoms with Crippen molar-refractivity contribution in [3.63, 3.8) is 0 Å². The first-order chi connectivity index (χ1) is 11.3. The number of nitrogens with zero attached hydrogens (tertiary/aromatic N) is 2. The molecule has 0 bridgehead atoms. The van der Waals surface area contributed by atoms with E-state index in [-0.39, 0.29) is 12.2 Å². The predicted octanol–water partition coefficient (Wildman–Crippen LogP) is 2.01. The van der Waals surface area contributed by atoms with Gasteiger partial charge in [0.15, 0.2) is 11.6 Å². The van der Waals surface area contributed by atoms with Crippen LogP contribution in [0.2, 0.25) is 0 Å². The monoisotopic (exact) mass is 314 g/mol. The third kappa shape index (κ3) is 3.78. The van der Waals surface area contributed by atoms with Crippen LogP contribution in [-0.4, -0.2) is 48.6 Å². The molecule has 2 aromatic rings. The standard InChI is InChI=1S/C17H18N2O4/c1-11-4-12(20-7-14-9-22-14)2-3-16(11)17-18-5-13(6-19-17)21-8-15-10-23-15/h2-6,14-15H,7-10H2,1H3. The molecule has 0 spiro atoms. The number of aromatic nitrogens is 2. The molecule has 2 aliphatic rings. The summed E-state index contributed by atoms with van der Waals surface area (Å²) in [6.07, 6.45) is 3.87. The van der Waals surface area contributed by atoms with E-state index in [2.05, 4.69) is 9.97 Å². The Kier molecular flexibility index (Phi) is 3.85. The van der Waals surface area contributed by atoms with Crippen LogP contribution in [0, 0.1) is 6.92 Å². The first kappa shape index (κ1) is 14.4. The van der Waals surface area contributed by atoms with E-state index in [1.165, 1.54) is 0 Å². The van der Waals surface area contributed by atoms with E-state index < -0.39 is 0 Å². The molecule has 2 atom stereocenters. The second-order valence-corrected chi connectivity index (χ2v) is 5.75. The summed E-state index contributed by atoms with van der Waals surface area (Å²) >= 11 is 0. The molecule has 2 unspecified atom stereocenters. The van der Waals surface area contributed by atoms with Crippen molar-refractivity contribution in [3.8, 4) is 22.9 Å². The van der Waals surface area contributed by atoms with Crippen LogP contribution in [0.5, 0.6) is 11.5 Å². The summed E-state index contributed by atoms with van der Waals surface area (Å²) in [5.74, 6) is 2.17. The lowest BCUT2D eigenvalue weighted by Crippen LogP contribution is -2.05. The number of hydrogen-bond donors (Lipinski definition) is 0. The Bertz CT molecular complexity index is 681. The lowest BCUT2D eigenvalue weighted by molar-refractivity contribution is 0.261. The molecule has 0 N–H and O–H groups in total. The van der Waals surface area contributed by atoms with E-state index in [9.17, 15) is 0 Å². The molecule has 4 rings (SSSR count). The van der Waals surface area contributed by atoms with Crippen molar-refractivity contribution in [2.24, 2.45) is 0 Å². The van der Waals surface area contributed by atoms with Gasteiger partial charge in [-0.15, -0.1) is 0 Å². The van der Waals surface area contributed by atoms with Gasteiger partial charge in [-0.1, -0.05) is 0 Å². The number of aryl methyl sites for hydroxylation is 1. The maximum atomic E-state index is 5.68. The fourth-order valence-electron chi connectivity index (χ4n) is 2.21. The summed E-state index contributed by atoms with van der Waals surface area (Å²) in [5, 5.41) is 0. The van der Waals surface area contributed by atoms with E-state index in [4.69, 9.17) is 18.9 Å². The van der Waals surface area contributed by atoms with Crippen molar-refractivity contribution in [1.82, 2.24) is 9.97 Å². The van der Waals surface area contributed by atoms with Crippen LogP contribution < -0.4 is 9.47 Å². The minimum atomic E-state index is 0.227. The summed E-state index contributed by atoms with van der Waals surface area (Å²) in [6.45, 7) is 4.75. The quantitative estimate of drug-likeness (QED) is 0.728. The average molecular weight is 314 g/mol. The lowest BCUT2D eigenvalue weighted by Gasteiger charge is -2.09. The minimum absolute atomic E-state index is 0.227. The molecule has 0 aliphatic carbocycles. The third-order valence-corrected chi connectivity index (χ3v) is 3.74. The Balaban J connectivity index is 1.43. The molecular weight excluding hydrogens is 296 g/mol. The van der Waals surface area contributed by atoms with Crippen LogP contribution in [0.4, 0.5) is 0 Å². The van der Waals surface area contributed by atoms with Gasteiger partial charge in [0.05, 0.1) is 25.6 Å². The molecule has 2 fully saturated rings. The van der Waals surface area contributed by atoms with E-state index in [0.29, 0.717) is 24.8 Å². The molecule has 2 aliphatic heterocycles. The first-order valence-corrected chi connectivity index (χ1v) is 7.70. The molecule has 120 valence electrons. The summed E-state index contributed by atoms with van der Waals surface area (Å²) in [5.41, 5.74) is 2.05. The predicted molar refractivity (Wildman–Crippen MR) is 82.7 cm³/mol. The van der Waals surface area contributed by atoms with Crippen LogP contribution in [0.3, 0.4) is 0 Å². The van der Waals surface area contributed by atoms with E-state index in [0.717, 1.165) is 30.1 Å². The maximum absolute atomic E-state index is 5.68. The van der Waals surface area contributed by atoms with Crippen LogP contribution in [0.15, 0.2) is 30.6 Å². The highest BCUT2D eigenvalue weighted by Crippen LogP contribution is 2.25. The van der Waals surface area contributed by atoms with Crippen LogP contribution in [0.25, 0.3) is 11.4 Å². The number of rotatable bonds is 7. The van der Waals surface area contributed by atoms with Crippen LogP contribution >= 0.6 is 0 Å². The third-order valence-electron chi connectivity index (χ3n) is 3.74. The molecule has 3 heterocycles. The van der Waals surface area contributed by atoms with Gasteiger partial charge in [0.2, 0.25) is 0 Å². The van der Waals surface area contributed by atoms with Crippen molar-refractivity contribution in [1.29, 1.82) is 0 Å². The number of benzene rings is 1. The molecule has 1 aromatic heterocycles. The largest absolute Gasteiger partial charge is 0.491 e. The molecule has 23 heavy (non-hydrogen) atoms. The Morgan fingerprint density at radius 1 is 1.00 bits per heavy atom. The SMILES string of the molecule is Cc1cc(OCC2CO2)ccc1-c1ncc(OCC2CO2)cn1. The zero-order valence-electron chi connectivity index (χ0n) is 12.9. The van der Waals surface area contributed by atoms with E-state index >= 15 is 0 Å². The normalized spacial score (nSPS) is 21.8. The lowest BCUT2D eigenvalue weighted by atomic mass is 10.1. The Morgan fingerprint density at radius 2 is 1.61 bits per heavy atom. The summed E-state index contributed by atoms with van der Waals surface area (Å²) in [7, 11) is 0. The fraction of sp³-hybridized carbons (Fsp3) is 0.412. The summed E-state index contributed by atoms with van der Waals surface area (Å²) in [4.78, 5) is 8.77. The zero-order chi connectivity index (χ0) is 15.6. The van der Waals surface area contributed by atoms with Crippen LogP contribution in [0.1, 0.15) is 5.56 Å². The van der Waals surface area contributed by atoms with Gasteiger partial charge < -0.3 is 18.9 Å². The average Bonchev–Trinajstić information content (AvgIpc) is 3.47. The van der Waals surface area contributed by atoms with Gasteiger partial charge in [0.1, 0.15) is 31.2 Å². The van der Waals surface area contributed by atoms with Crippen molar-refractivity contribution in [3.05, 3.63) is 36.2 Å². The van der Waals surface area contributed by atoms with Gasteiger partial charge in [-0.25, -0.2) is 9.97 Å². The highest BCUT2D eigenvalue weighted by atomic mass is 16.6. The summed E-state index contributed by atoms with van der Waals surface area (Å²) < 4.78 is 21.5. The molecule has 6 nitrogen and oxygen atoms in total. The first-order valence-electron chi connectivity index (χ1n) is 7.70. The maximum Gasteiger partial charge on any atom is 0.159 e. The van der Waals surface area contributed by atoms with Gasteiger partial charge in [0, 0.05) is 5.56 Å². The Hall–Kier alpha value is -2.18. The van der Waals surface area contributed by atoms with Crippen molar-refractivity contribution >= 4 is 0 Å². The topological polar surface area (TPSA) is 69.3 Å². The fourth-order valence-corrected chi connectivity index (χ4v) is 2.21. The van der Waals surface area contributed by atoms with Gasteiger partial charge in [0.25, 0.3) is 0 Å². The van der Waals surface area contributed by atoms with Gasteiger partial charge in [-0.2, -0.15) is 0 Å². The second kappa shape index (κ2) is 6.14. The molecule has 2 saturated heterocycles. The van der Waals surface area contributed by atoms with Gasteiger partial charge >= 0.3 is 0 Å². The minimum Gasteiger partial charge on any atom is -0.491 e. The smallest absolute Gasteiger partial charge is 0.159 e. The number of epoxide rings is 2. The Labute approximate surface area is 134 Å². The Morgan fingerprint density at radius 3 is 2.17 bits per heavy atom. The highest BCUT2D eigenvalue weighted by Gasteiger charge is 2.24. The van der Waals surface area contributed by atoms with Gasteiger partial charge in [-0.3, -0.25) is 0 Å². The van der Waals surface area contributed by atoms with Gasteiger partial charge in [-0.05, 0) is 30.7 Å². The second-order valence-electron chi connectivity index (χ2n) is 5.75. The molecular formula is C17H18N2O4. The zero-order valence-corrected chi connectivity index (χ0v) is 12.9. The number of hydrogen-bond acceptors (Lipinski definition) is 6. The van der Waals surface area contributed by atoms with Crippen molar-refractivity contribution in [2.45, 2.75) is 19.1 Å². The van der Waals surface area contributed by atoms with Crippen molar-refractivity contribution < 1.29 is 18.9 Å². The molecule has 1 aromatic carbocycles. The molecule has 0 saturated carbocycles. The summed E-state index contributed by atoms with van der Waals surface area (Å²) in [6, 6.07) is 5.91. The van der Waals surface area contributed by atoms with E-state index in [1.54, 1.807) is 12.4 Å². The number of ether oxygens (including phenoxy) is 4. The van der Waals surface area contributed by atoms with Crippen molar-refractivity contribution in [2.75, 3.05) is 26.4 Å². The molecule has 0 radical (unpaired) electrons. The van der Waals surface area contributed by atoms with E-state index in [1.807, 2.05) is 25.1 Å². The molecule has 6 heteroatoms. The van der Waals surface area contributed by atoms with Crippen LogP contribution in [-0.2, 0) is 9.47 Å².